The lowest BCUT2D eigenvalue weighted by Crippen LogP contribution is -2.50. The van der Waals surface area contributed by atoms with Crippen LogP contribution in [0.1, 0.15) is 25.8 Å². The van der Waals surface area contributed by atoms with Crippen LogP contribution in [0.15, 0.2) is 30.3 Å². The van der Waals surface area contributed by atoms with Gasteiger partial charge in [-0.1, -0.05) is 44.2 Å². The maximum atomic E-state index is 12.1. The molecule has 6 heteroatoms. The molecule has 23 heavy (non-hydrogen) atoms. The molecule has 1 aromatic carbocycles. The number of carbonyl (C=O) groups excluding carboxylic acids is 2. The Morgan fingerprint density at radius 1 is 1.17 bits per heavy atom. The van der Waals surface area contributed by atoms with Gasteiger partial charge in [0.2, 0.25) is 5.91 Å². The zero-order valence-electron chi connectivity index (χ0n) is 14.0. The quantitative estimate of drug-likeness (QED) is 0.683. The van der Waals surface area contributed by atoms with Crippen molar-refractivity contribution in [2.75, 3.05) is 20.3 Å². The summed E-state index contributed by atoms with van der Waals surface area (Å²) in [5.41, 5.74) is 0.896. The largest absolute Gasteiger partial charge is 0.445 e. The van der Waals surface area contributed by atoms with Crippen molar-refractivity contribution in [1.82, 2.24) is 10.6 Å². The molecule has 0 aliphatic carbocycles. The second-order valence-corrected chi connectivity index (χ2v) is 5.57. The number of nitrogens with one attached hydrogen (secondary N) is 2. The van der Waals surface area contributed by atoms with E-state index in [-0.39, 0.29) is 18.4 Å². The summed E-state index contributed by atoms with van der Waals surface area (Å²) in [6.45, 7) is 5.01. The Bertz CT molecular complexity index is 477. The Morgan fingerprint density at radius 3 is 2.48 bits per heavy atom. The summed E-state index contributed by atoms with van der Waals surface area (Å²) in [4.78, 5) is 24.0. The van der Waals surface area contributed by atoms with Crippen LogP contribution in [0.5, 0.6) is 0 Å². The molecule has 2 amide bonds. The Morgan fingerprint density at radius 2 is 1.87 bits per heavy atom. The van der Waals surface area contributed by atoms with Crippen molar-refractivity contribution in [3.8, 4) is 0 Å². The van der Waals surface area contributed by atoms with Crippen molar-refractivity contribution in [3.63, 3.8) is 0 Å². The summed E-state index contributed by atoms with van der Waals surface area (Å²) in [5, 5.41) is 5.41. The normalized spacial score (nSPS) is 11.8. The van der Waals surface area contributed by atoms with E-state index in [4.69, 9.17) is 9.47 Å². The number of alkyl carbamates (subject to hydrolysis) is 1. The van der Waals surface area contributed by atoms with Crippen LogP contribution in [0, 0.1) is 5.92 Å². The highest BCUT2D eigenvalue weighted by Gasteiger charge is 2.24. The van der Waals surface area contributed by atoms with E-state index >= 15 is 0 Å². The number of hydrogen-bond donors (Lipinski definition) is 2. The lowest BCUT2D eigenvalue weighted by molar-refractivity contribution is -0.124. The fourth-order valence-electron chi connectivity index (χ4n) is 1.96. The molecule has 2 N–H and O–H groups in total. The average molecular weight is 322 g/mol. The van der Waals surface area contributed by atoms with Gasteiger partial charge in [0, 0.05) is 20.3 Å². The van der Waals surface area contributed by atoms with Crippen LogP contribution in [-0.4, -0.2) is 38.3 Å². The van der Waals surface area contributed by atoms with Crippen LogP contribution in [0.25, 0.3) is 0 Å². The number of methoxy groups -OCH3 is 1. The van der Waals surface area contributed by atoms with Gasteiger partial charge in [-0.25, -0.2) is 4.79 Å². The van der Waals surface area contributed by atoms with Crippen molar-refractivity contribution in [3.05, 3.63) is 35.9 Å². The highest BCUT2D eigenvalue weighted by atomic mass is 16.5. The Hall–Kier alpha value is -2.08. The lowest BCUT2D eigenvalue weighted by Gasteiger charge is -2.21. The van der Waals surface area contributed by atoms with Crippen molar-refractivity contribution in [2.45, 2.75) is 32.9 Å². The molecule has 0 aliphatic heterocycles. The van der Waals surface area contributed by atoms with Crippen LogP contribution in [0.4, 0.5) is 4.79 Å². The zero-order valence-corrected chi connectivity index (χ0v) is 14.0. The molecule has 1 rings (SSSR count). The molecule has 0 spiro atoms. The minimum Gasteiger partial charge on any atom is -0.445 e. The van der Waals surface area contributed by atoms with Crippen molar-refractivity contribution in [2.24, 2.45) is 5.92 Å². The first kappa shape index (κ1) is 19.0. The van der Waals surface area contributed by atoms with E-state index in [1.165, 1.54) is 0 Å². The SMILES string of the molecule is COCCCNC(=O)[C@@H](NC(=O)OCc1ccccc1)C(C)C. The standard InChI is InChI=1S/C17H26N2O4/c1-13(2)15(16(20)18-10-7-11-22-3)19-17(21)23-12-14-8-5-4-6-9-14/h4-6,8-9,13,15H,7,10-12H2,1-3H3,(H,18,20)(H,19,21)/t15-/m0/s1. The first-order chi connectivity index (χ1) is 11.0. The number of hydrogen-bond acceptors (Lipinski definition) is 4. The molecule has 0 saturated heterocycles. The predicted octanol–water partition coefficient (Wildman–Crippen LogP) is 2.09. The van der Waals surface area contributed by atoms with Gasteiger partial charge in [0.25, 0.3) is 0 Å². The maximum absolute atomic E-state index is 12.1. The minimum absolute atomic E-state index is 0.0401. The highest BCUT2D eigenvalue weighted by molar-refractivity contribution is 5.85. The van der Waals surface area contributed by atoms with E-state index in [9.17, 15) is 9.59 Å². The Kier molecular flexibility index (Phi) is 8.75. The third kappa shape index (κ3) is 7.65. The van der Waals surface area contributed by atoms with E-state index in [1.807, 2.05) is 44.2 Å². The number of ether oxygens (including phenoxy) is 2. The molecule has 0 unspecified atom stereocenters. The predicted molar refractivity (Wildman–Crippen MR) is 87.9 cm³/mol. The van der Waals surface area contributed by atoms with Gasteiger partial charge in [0.1, 0.15) is 12.6 Å². The molecule has 0 bridgehead atoms. The molecule has 0 saturated carbocycles. The van der Waals surface area contributed by atoms with E-state index in [0.717, 1.165) is 12.0 Å². The van der Waals surface area contributed by atoms with Crippen molar-refractivity contribution >= 4 is 12.0 Å². The third-order valence-electron chi connectivity index (χ3n) is 3.26. The van der Waals surface area contributed by atoms with Crippen LogP contribution in [0.3, 0.4) is 0 Å². The molecule has 0 aromatic heterocycles. The summed E-state index contributed by atoms with van der Waals surface area (Å²) in [6, 6.07) is 8.76. The molecule has 1 atom stereocenters. The first-order valence-corrected chi connectivity index (χ1v) is 7.78. The third-order valence-corrected chi connectivity index (χ3v) is 3.26. The summed E-state index contributed by atoms with van der Waals surface area (Å²) >= 11 is 0. The summed E-state index contributed by atoms with van der Waals surface area (Å²) in [5.74, 6) is -0.255. The van der Waals surface area contributed by atoms with E-state index in [2.05, 4.69) is 10.6 Å². The second-order valence-electron chi connectivity index (χ2n) is 5.57. The van der Waals surface area contributed by atoms with Crippen molar-refractivity contribution in [1.29, 1.82) is 0 Å². The molecular weight excluding hydrogens is 296 g/mol. The van der Waals surface area contributed by atoms with Gasteiger partial charge in [-0.2, -0.15) is 0 Å². The van der Waals surface area contributed by atoms with Crippen LogP contribution < -0.4 is 10.6 Å². The molecule has 0 aliphatic rings. The summed E-state index contributed by atoms with van der Waals surface area (Å²) < 4.78 is 10.1. The van der Waals surface area contributed by atoms with Gasteiger partial charge in [0.05, 0.1) is 0 Å². The van der Waals surface area contributed by atoms with Crippen molar-refractivity contribution < 1.29 is 19.1 Å². The molecule has 0 heterocycles. The number of rotatable bonds is 9. The number of benzene rings is 1. The average Bonchev–Trinajstić information content (AvgIpc) is 2.55. The zero-order chi connectivity index (χ0) is 17.1. The van der Waals surface area contributed by atoms with E-state index in [1.54, 1.807) is 7.11 Å². The van der Waals surface area contributed by atoms with Gasteiger partial charge < -0.3 is 20.1 Å². The van der Waals surface area contributed by atoms with Gasteiger partial charge in [-0.15, -0.1) is 0 Å². The van der Waals surface area contributed by atoms with Gasteiger partial charge in [0.15, 0.2) is 0 Å². The first-order valence-electron chi connectivity index (χ1n) is 7.78. The highest BCUT2D eigenvalue weighted by Crippen LogP contribution is 2.04. The number of carbonyl (C=O) groups is 2. The van der Waals surface area contributed by atoms with Crippen LogP contribution >= 0.6 is 0 Å². The van der Waals surface area contributed by atoms with Crippen LogP contribution in [-0.2, 0) is 20.9 Å². The molecule has 6 nitrogen and oxygen atoms in total. The topological polar surface area (TPSA) is 76.7 Å². The molecular formula is C17H26N2O4. The Labute approximate surface area is 137 Å². The van der Waals surface area contributed by atoms with Gasteiger partial charge in [-0.3, -0.25) is 4.79 Å². The number of amides is 2. The fraction of sp³-hybridized carbons (Fsp3) is 0.529. The minimum atomic E-state index is -0.624. The lowest BCUT2D eigenvalue weighted by atomic mass is 10.0. The molecule has 0 fully saturated rings. The smallest absolute Gasteiger partial charge is 0.408 e. The fourth-order valence-corrected chi connectivity index (χ4v) is 1.96. The summed E-state index contributed by atoms with van der Waals surface area (Å²) in [6.07, 6.45) is 0.130. The van der Waals surface area contributed by atoms with E-state index < -0.39 is 12.1 Å². The van der Waals surface area contributed by atoms with Gasteiger partial charge >= 0.3 is 6.09 Å². The molecule has 1 aromatic rings. The summed E-state index contributed by atoms with van der Waals surface area (Å²) in [7, 11) is 1.61. The second kappa shape index (κ2) is 10.6. The van der Waals surface area contributed by atoms with E-state index in [0.29, 0.717) is 13.2 Å². The maximum Gasteiger partial charge on any atom is 0.408 e. The van der Waals surface area contributed by atoms with Gasteiger partial charge in [-0.05, 0) is 17.9 Å². The Balaban J connectivity index is 2.41. The molecule has 128 valence electrons. The molecule has 0 radical (unpaired) electrons. The van der Waals surface area contributed by atoms with Crippen LogP contribution in [0.2, 0.25) is 0 Å². The monoisotopic (exact) mass is 322 g/mol.